The summed E-state index contributed by atoms with van der Waals surface area (Å²) in [6, 6.07) is 8.04. The van der Waals surface area contributed by atoms with E-state index in [4.69, 9.17) is 15.7 Å². The van der Waals surface area contributed by atoms with Gasteiger partial charge in [0.1, 0.15) is 0 Å². The molecule has 0 aliphatic heterocycles. The molecule has 2 aromatic rings. The minimum Gasteiger partial charge on any atom is -0.359 e. The predicted molar refractivity (Wildman–Crippen MR) is 100 cm³/mol. The average molecular weight is 399 g/mol. The van der Waals surface area contributed by atoms with Gasteiger partial charge in [-0.1, -0.05) is 23.7 Å². The monoisotopic (exact) mass is 398 g/mol. The van der Waals surface area contributed by atoms with Gasteiger partial charge in [-0.2, -0.15) is 5.10 Å². The fourth-order valence-electron chi connectivity index (χ4n) is 2.27. The number of hydrogen-bond donors (Lipinski definition) is 3. The number of amides is 1. The number of carbonyl (C=O) groups excluding carboxylic acids is 1. The Balaban J connectivity index is 1.85. The Kier molecular flexibility index (Phi) is 4.23. The Bertz CT molecular complexity index is 1030. The smallest absolute Gasteiger partial charge is 0.235 e. The van der Waals surface area contributed by atoms with Gasteiger partial charge in [-0.05, 0) is 25.0 Å². The van der Waals surface area contributed by atoms with Crippen molar-refractivity contribution in [3.63, 3.8) is 0 Å². The highest BCUT2D eigenvalue weighted by Crippen LogP contribution is 2.33. The van der Waals surface area contributed by atoms with E-state index in [9.17, 15) is 13.2 Å². The maximum absolute atomic E-state index is 12.3. The molecule has 8 nitrogen and oxygen atoms in total. The Labute approximate surface area is 160 Å². The third kappa shape index (κ3) is 4.41. The van der Waals surface area contributed by atoms with E-state index in [0.29, 0.717) is 29.9 Å². The standard InChI is InChI=1S/C16H18ClN5O3S/c1-18-16(23)9-14-13(8-15(17)21-20-14)19-11-4-2-3-5-12(11)22-26(24,25)10-6-7-10/h2-5,8,10,22H,6-7,9H2,1H3,(H,18,23)(H,19,21)/i1D3. The van der Waals surface area contributed by atoms with Gasteiger partial charge in [0.05, 0.1) is 34.4 Å². The zero-order valence-electron chi connectivity index (χ0n) is 16.5. The van der Waals surface area contributed by atoms with Crippen LogP contribution in [0.3, 0.4) is 0 Å². The predicted octanol–water partition coefficient (Wildman–Crippen LogP) is 2.07. The maximum atomic E-state index is 12.3. The van der Waals surface area contributed by atoms with Crippen LogP contribution in [0.4, 0.5) is 17.1 Å². The van der Waals surface area contributed by atoms with E-state index in [1.54, 1.807) is 24.3 Å². The number of nitrogens with one attached hydrogen (secondary N) is 3. The summed E-state index contributed by atoms with van der Waals surface area (Å²) in [6.45, 7) is -2.63. The van der Waals surface area contributed by atoms with Crippen LogP contribution in [0, 0.1) is 0 Å². The van der Waals surface area contributed by atoms with Crippen LogP contribution in [0.25, 0.3) is 0 Å². The Morgan fingerprint density at radius 1 is 1.27 bits per heavy atom. The van der Waals surface area contributed by atoms with Gasteiger partial charge in [-0.25, -0.2) is 8.42 Å². The van der Waals surface area contributed by atoms with Crippen molar-refractivity contribution in [2.24, 2.45) is 0 Å². The van der Waals surface area contributed by atoms with Gasteiger partial charge < -0.3 is 10.6 Å². The molecule has 1 aromatic carbocycles. The van der Waals surface area contributed by atoms with Crippen molar-refractivity contribution in [3.8, 4) is 0 Å². The first-order valence-corrected chi connectivity index (χ1v) is 9.67. The van der Waals surface area contributed by atoms with Crippen molar-refractivity contribution in [2.45, 2.75) is 24.5 Å². The number of rotatable bonds is 7. The van der Waals surface area contributed by atoms with E-state index < -0.39 is 28.2 Å². The number of para-hydroxylation sites is 2. The highest BCUT2D eigenvalue weighted by atomic mass is 35.5. The second-order valence-electron chi connectivity index (χ2n) is 5.77. The van der Waals surface area contributed by atoms with E-state index in [0.717, 1.165) is 0 Å². The topological polar surface area (TPSA) is 113 Å². The van der Waals surface area contributed by atoms with Gasteiger partial charge in [-0.15, -0.1) is 5.10 Å². The normalized spacial score (nSPS) is 16.1. The summed E-state index contributed by atoms with van der Waals surface area (Å²) in [5.41, 5.74) is 1.18. The zero-order chi connectivity index (χ0) is 21.2. The van der Waals surface area contributed by atoms with Crippen molar-refractivity contribution >= 4 is 44.6 Å². The van der Waals surface area contributed by atoms with E-state index in [-0.39, 0.29) is 17.3 Å². The molecule has 3 rings (SSSR count). The van der Waals surface area contributed by atoms with Gasteiger partial charge in [0.15, 0.2) is 5.15 Å². The van der Waals surface area contributed by atoms with Crippen LogP contribution in [0.15, 0.2) is 30.3 Å². The fourth-order valence-corrected chi connectivity index (χ4v) is 3.82. The molecule has 10 heteroatoms. The molecule has 138 valence electrons. The third-order valence-corrected chi connectivity index (χ3v) is 5.76. The molecule has 26 heavy (non-hydrogen) atoms. The Morgan fingerprint density at radius 3 is 2.69 bits per heavy atom. The minimum absolute atomic E-state index is 0.0449. The highest BCUT2D eigenvalue weighted by molar-refractivity contribution is 7.93. The summed E-state index contributed by atoms with van der Waals surface area (Å²) >= 11 is 5.91. The van der Waals surface area contributed by atoms with Crippen LogP contribution >= 0.6 is 11.6 Å². The van der Waals surface area contributed by atoms with Crippen LogP contribution < -0.4 is 15.4 Å². The molecule has 0 radical (unpaired) electrons. The van der Waals surface area contributed by atoms with E-state index >= 15 is 0 Å². The summed E-state index contributed by atoms with van der Waals surface area (Å²) < 4.78 is 48.4. The SMILES string of the molecule is [2H]C([2H])([2H])NC(=O)Cc1nnc(Cl)cc1Nc1ccccc1NS(=O)(=O)C1CC1. The van der Waals surface area contributed by atoms with Crippen molar-refractivity contribution in [1.29, 1.82) is 0 Å². The first-order chi connectivity index (χ1) is 13.5. The molecule has 1 aliphatic rings. The molecule has 1 heterocycles. The zero-order valence-corrected chi connectivity index (χ0v) is 15.1. The number of sulfonamides is 1. The molecular formula is C16H18ClN5O3S. The lowest BCUT2D eigenvalue weighted by Gasteiger charge is -2.15. The van der Waals surface area contributed by atoms with Crippen molar-refractivity contribution < 1.29 is 17.3 Å². The lowest BCUT2D eigenvalue weighted by Crippen LogP contribution is -2.21. The molecule has 3 N–H and O–H groups in total. The van der Waals surface area contributed by atoms with E-state index in [2.05, 4.69) is 20.2 Å². The van der Waals surface area contributed by atoms with Gasteiger partial charge >= 0.3 is 0 Å². The highest BCUT2D eigenvalue weighted by Gasteiger charge is 2.36. The molecule has 1 saturated carbocycles. The van der Waals surface area contributed by atoms with Gasteiger partial charge in [-0.3, -0.25) is 9.52 Å². The lowest BCUT2D eigenvalue weighted by atomic mass is 10.2. The maximum Gasteiger partial charge on any atom is 0.235 e. The van der Waals surface area contributed by atoms with Crippen LogP contribution in [0.5, 0.6) is 0 Å². The number of anilines is 3. The summed E-state index contributed by atoms with van der Waals surface area (Å²) in [5.74, 6) is -0.771. The molecule has 0 saturated heterocycles. The second-order valence-corrected chi connectivity index (χ2v) is 8.12. The largest absolute Gasteiger partial charge is 0.359 e. The summed E-state index contributed by atoms with van der Waals surface area (Å²) in [6.07, 6.45) is 0.885. The number of benzene rings is 1. The molecule has 0 spiro atoms. The summed E-state index contributed by atoms with van der Waals surface area (Å²) in [7, 11) is -3.48. The van der Waals surface area contributed by atoms with Crippen molar-refractivity contribution in [3.05, 3.63) is 41.2 Å². The summed E-state index contributed by atoms with van der Waals surface area (Å²) in [4.78, 5) is 12.0. The quantitative estimate of drug-likeness (QED) is 0.658. The van der Waals surface area contributed by atoms with E-state index in [1.165, 1.54) is 6.07 Å². The number of hydrogen-bond acceptors (Lipinski definition) is 6. The van der Waals surface area contributed by atoms with Gasteiger partial charge in [0.2, 0.25) is 15.9 Å². The fraction of sp³-hybridized carbons (Fsp3) is 0.312. The molecule has 0 bridgehead atoms. The van der Waals surface area contributed by atoms with Crippen LogP contribution in [-0.2, 0) is 21.2 Å². The van der Waals surface area contributed by atoms with Gasteiger partial charge in [0, 0.05) is 17.2 Å². The Morgan fingerprint density at radius 2 is 2.00 bits per heavy atom. The third-order valence-electron chi connectivity index (χ3n) is 3.72. The first-order valence-electron chi connectivity index (χ1n) is 9.24. The van der Waals surface area contributed by atoms with E-state index in [1.807, 2.05) is 5.32 Å². The van der Waals surface area contributed by atoms with Crippen LogP contribution in [0.1, 0.15) is 22.6 Å². The summed E-state index contributed by atoms with van der Waals surface area (Å²) in [5, 5.41) is 12.1. The number of aromatic nitrogens is 2. The van der Waals surface area contributed by atoms with Crippen LogP contribution in [-0.4, -0.2) is 36.7 Å². The van der Waals surface area contributed by atoms with Gasteiger partial charge in [0.25, 0.3) is 0 Å². The number of halogens is 1. The molecule has 0 unspecified atom stereocenters. The number of nitrogens with zero attached hydrogens (tertiary/aromatic N) is 2. The lowest BCUT2D eigenvalue weighted by molar-refractivity contribution is -0.120. The molecule has 1 aliphatic carbocycles. The average Bonchev–Trinajstić information content (AvgIpc) is 3.43. The molecule has 1 aromatic heterocycles. The van der Waals surface area contributed by atoms with Crippen molar-refractivity contribution in [2.75, 3.05) is 17.0 Å². The second kappa shape index (κ2) is 7.46. The molecule has 1 amide bonds. The first kappa shape index (κ1) is 14.7. The Hall–Kier alpha value is -2.39. The minimum atomic E-state index is -3.48. The van der Waals surface area contributed by atoms with Crippen LogP contribution in [0.2, 0.25) is 5.15 Å². The number of carbonyl (C=O) groups is 1. The van der Waals surface area contributed by atoms with Crippen molar-refractivity contribution in [1.82, 2.24) is 15.5 Å². The molecular weight excluding hydrogens is 378 g/mol. The molecule has 0 atom stereocenters. The molecule has 1 fully saturated rings. The number of likely N-dealkylation sites (N-methyl/N-ethyl adjacent to an activating group) is 1.